The monoisotopic (exact) mass is 344 g/mol. The second-order valence-corrected chi connectivity index (χ2v) is 7.00. The molecule has 0 unspecified atom stereocenters. The molecule has 0 aliphatic rings. The van der Waals surface area contributed by atoms with Crippen molar-refractivity contribution >= 4 is 29.0 Å². The Morgan fingerprint density at radius 3 is 2.56 bits per heavy atom. The molecule has 1 aromatic carbocycles. The maximum atomic E-state index is 12.5. The van der Waals surface area contributed by atoms with Crippen molar-refractivity contribution in [3.63, 3.8) is 0 Å². The third-order valence-electron chi connectivity index (χ3n) is 3.95. The van der Waals surface area contributed by atoms with Crippen molar-refractivity contribution in [2.24, 2.45) is 0 Å². The van der Waals surface area contributed by atoms with Gasteiger partial charge in [-0.05, 0) is 29.5 Å². The van der Waals surface area contributed by atoms with E-state index in [1.165, 1.54) is 6.07 Å². The largest absolute Gasteiger partial charge is 0.448 e. The molecule has 2 amide bonds. The summed E-state index contributed by atoms with van der Waals surface area (Å²) in [7, 11) is 0. The van der Waals surface area contributed by atoms with Crippen LogP contribution in [0.15, 0.2) is 27.4 Å². The van der Waals surface area contributed by atoms with Crippen LogP contribution in [0, 0.1) is 0 Å². The van der Waals surface area contributed by atoms with Gasteiger partial charge in [-0.3, -0.25) is 14.4 Å². The molecule has 1 aromatic heterocycles. The molecule has 2 rings (SSSR count). The van der Waals surface area contributed by atoms with E-state index >= 15 is 0 Å². The van der Waals surface area contributed by atoms with Crippen molar-refractivity contribution < 1.29 is 14.0 Å². The van der Waals surface area contributed by atoms with E-state index in [1.807, 2.05) is 27.7 Å². The van der Waals surface area contributed by atoms with Crippen molar-refractivity contribution in [2.75, 3.05) is 11.9 Å². The summed E-state index contributed by atoms with van der Waals surface area (Å²) in [5.74, 6) is -0.504. The Morgan fingerprint density at radius 1 is 1.24 bits per heavy atom. The lowest BCUT2D eigenvalue weighted by atomic mass is 9.86. The predicted octanol–water partition coefficient (Wildman–Crippen LogP) is 3.19. The number of benzene rings is 1. The van der Waals surface area contributed by atoms with Gasteiger partial charge in [0.25, 0.3) is 5.91 Å². The molecule has 134 valence electrons. The van der Waals surface area contributed by atoms with Crippen molar-refractivity contribution in [1.29, 1.82) is 0 Å². The number of rotatable bonds is 6. The van der Waals surface area contributed by atoms with Gasteiger partial charge in [0, 0.05) is 12.6 Å². The normalized spacial score (nSPS) is 11.4. The highest BCUT2D eigenvalue weighted by Crippen LogP contribution is 2.31. The van der Waals surface area contributed by atoms with Gasteiger partial charge in [-0.1, -0.05) is 34.1 Å². The number of anilines is 1. The number of fused-ring (bicyclic) bond motifs is 1. The van der Waals surface area contributed by atoms with Gasteiger partial charge >= 0.3 is 0 Å². The summed E-state index contributed by atoms with van der Waals surface area (Å²) in [4.78, 5) is 35.6. The van der Waals surface area contributed by atoms with Gasteiger partial charge < -0.3 is 15.1 Å². The number of amides is 2. The van der Waals surface area contributed by atoms with Gasteiger partial charge in [0.15, 0.2) is 16.8 Å². The molecule has 0 atom stereocenters. The van der Waals surface area contributed by atoms with E-state index in [1.54, 1.807) is 12.1 Å². The molecule has 0 radical (unpaired) electrons. The Morgan fingerprint density at radius 2 is 1.96 bits per heavy atom. The fourth-order valence-corrected chi connectivity index (χ4v) is 2.44. The third kappa shape index (κ3) is 4.26. The molecule has 0 aliphatic heterocycles. The Balaban J connectivity index is 2.58. The van der Waals surface area contributed by atoms with E-state index in [0.717, 1.165) is 18.4 Å². The standard InChI is InChI=1S/C19H24N2O4/c1-5-6-7-20-18(24)16-10-15(23)13-8-12(19(2,3)4)9-14(21-11-22)17(13)25-16/h8-11H,5-7H2,1-4H3,(H,20,24)(H,21,22). The number of carbonyl (C=O) groups is 2. The number of hydrogen-bond donors (Lipinski definition) is 2. The molecule has 25 heavy (non-hydrogen) atoms. The van der Waals surface area contributed by atoms with E-state index in [0.29, 0.717) is 24.0 Å². The first kappa shape index (κ1) is 18.7. The average molecular weight is 344 g/mol. The van der Waals surface area contributed by atoms with Crippen LogP contribution in [0.2, 0.25) is 0 Å². The van der Waals surface area contributed by atoms with Crippen LogP contribution in [0.5, 0.6) is 0 Å². The van der Waals surface area contributed by atoms with Crippen LogP contribution in [0.4, 0.5) is 5.69 Å². The Kier molecular flexibility index (Phi) is 5.62. The Bertz CT molecular complexity index is 847. The minimum atomic E-state index is -0.440. The molecule has 0 saturated carbocycles. The van der Waals surface area contributed by atoms with Gasteiger partial charge in [-0.25, -0.2) is 0 Å². The summed E-state index contributed by atoms with van der Waals surface area (Å²) in [5, 5.41) is 5.62. The zero-order chi connectivity index (χ0) is 18.6. The second-order valence-electron chi connectivity index (χ2n) is 7.00. The maximum Gasteiger partial charge on any atom is 0.287 e. The summed E-state index contributed by atoms with van der Waals surface area (Å²) in [6.45, 7) is 8.56. The molecule has 0 aliphatic carbocycles. The summed E-state index contributed by atoms with van der Waals surface area (Å²) < 4.78 is 5.65. The second kappa shape index (κ2) is 7.51. The van der Waals surface area contributed by atoms with Crippen LogP contribution in [0.3, 0.4) is 0 Å². The highest BCUT2D eigenvalue weighted by atomic mass is 16.3. The van der Waals surface area contributed by atoms with Crippen molar-refractivity contribution in [3.05, 3.63) is 39.7 Å². The highest BCUT2D eigenvalue weighted by molar-refractivity contribution is 5.97. The Hall–Kier alpha value is -2.63. The van der Waals surface area contributed by atoms with E-state index in [-0.39, 0.29) is 22.2 Å². The van der Waals surface area contributed by atoms with Crippen LogP contribution in [-0.4, -0.2) is 18.9 Å². The van der Waals surface area contributed by atoms with E-state index < -0.39 is 5.91 Å². The maximum absolute atomic E-state index is 12.5. The van der Waals surface area contributed by atoms with Crippen LogP contribution < -0.4 is 16.1 Å². The molecule has 6 heteroatoms. The number of carbonyl (C=O) groups excluding carboxylic acids is 2. The lowest BCUT2D eigenvalue weighted by Gasteiger charge is -2.20. The fourth-order valence-electron chi connectivity index (χ4n) is 2.44. The average Bonchev–Trinajstić information content (AvgIpc) is 2.54. The van der Waals surface area contributed by atoms with Gasteiger partial charge in [0.05, 0.1) is 11.1 Å². The van der Waals surface area contributed by atoms with Gasteiger partial charge in [0.2, 0.25) is 6.41 Å². The lowest BCUT2D eigenvalue weighted by molar-refractivity contribution is -0.105. The summed E-state index contributed by atoms with van der Waals surface area (Å²) in [6, 6.07) is 4.70. The molecular weight excluding hydrogens is 320 g/mol. The van der Waals surface area contributed by atoms with Crippen LogP contribution in [-0.2, 0) is 10.2 Å². The molecule has 0 saturated heterocycles. The van der Waals surface area contributed by atoms with Crippen molar-refractivity contribution in [2.45, 2.75) is 46.0 Å². The Labute approximate surface area is 146 Å². The number of unbranched alkanes of at least 4 members (excludes halogenated alkanes) is 1. The molecule has 6 nitrogen and oxygen atoms in total. The fraction of sp³-hybridized carbons (Fsp3) is 0.421. The van der Waals surface area contributed by atoms with Crippen LogP contribution >= 0.6 is 0 Å². The van der Waals surface area contributed by atoms with E-state index in [2.05, 4.69) is 10.6 Å². The van der Waals surface area contributed by atoms with Gasteiger partial charge in [0.1, 0.15) is 0 Å². The van der Waals surface area contributed by atoms with E-state index in [4.69, 9.17) is 4.42 Å². The number of hydrogen-bond acceptors (Lipinski definition) is 4. The van der Waals surface area contributed by atoms with E-state index in [9.17, 15) is 14.4 Å². The molecular formula is C19H24N2O4. The molecule has 0 spiro atoms. The topological polar surface area (TPSA) is 88.4 Å². The smallest absolute Gasteiger partial charge is 0.287 e. The van der Waals surface area contributed by atoms with Gasteiger partial charge in [-0.15, -0.1) is 0 Å². The molecule has 1 heterocycles. The minimum Gasteiger partial charge on any atom is -0.448 e. The first-order valence-electron chi connectivity index (χ1n) is 8.38. The minimum absolute atomic E-state index is 0.0638. The zero-order valence-corrected chi connectivity index (χ0v) is 15.1. The first-order chi connectivity index (χ1) is 11.8. The third-order valence-corrected chi connectivity index (χ3v) is 3.95. The van der Waals surface area contributed by atoms with Crippen LogP contribution in [0.25, 0.3) is 11.0 Å². The molecule has 0 fully saturated rings. The highest BCUT2D eigenvalue weighted by Gasteiger charge is 2.20. The molecule has 2 aromatic rings. The summed E-state index contributed by atoms with van der Waals surface area (Å²) in [6.07, 6.45) is 2.32. The predicted molar refractivity (Wildman–Crippen MR) is 98.1 cm³/mol. The van der Waals surface area contributed by atoms with Crippen molar-refractivity contribution in [3.8, 4) is 0 Å². The first-order valence-corrected chi connectivity index (χ1v) is 8.38. The zero-order valence-electron chi connectivity index (χ0n) is 15.1. The molecule has 0 bridgehead atoms. The van der Waals surface area contributed by atoms with Crippen molar-refractivity contribution in [1.82, 2.24) is 5.32 Å². The number of nitrogens with one attached hydrogen (secondary N) is 2. The summed E-state index contributed by atoms with van der Waals surface area (Å²) in [5.41, 5.74) is 0.931. The lowest BCUT2D eigenvalue weighted by Crippen LogP contribution is -2.25. The van der Waals surface area contributed by atoms with Gasteiger partial charge in [-0.2, -0.15) is 0 Å². The summed E-state index contributed by atoms with van der Waals surface area (Å²) >= 11 is 0. The quantitative estimate of drug-likeness (QED) is 0.622. The SMILES string of the molecule is CCCCNC(=O)c1cc(=O)c2cc(C(C)(C)C)cc(NC=O)c2o1. The molecule has 2 N–H and O–H groups in total. The van der Waals surface area contributed by atoms with Crippen LogP contribution in [0.1, 0.15) is 56.7 Å².